The number of rotatable bonds is 1. The van der Waals surface area contributed by atoms with Crippen LogP contribution in [0.4, 0.5) is 0 Å². The molecule has 2 aliphatic rings. The van der Waals surface area contributed by atoms with Gasteiger partial charge in [-0.3, -0.25) is 0 Å². The van der Waals surface area contributed by atoms with Crippen LogP contribution in [0.2, 0.25) is 0 Å². The molecule has 0 fully saturated rings. The molecule has 100 valence electrons. The molecule has 1 atom stereocenters. The van der Waals surface area contributed by atoms with Gasteiger partial charge in [0.25, 0.3) is 0 Å². The van der Waals surface area contributed by atoms with Gasteiger partial charge in [-0.1, -0.05) is 77.2 Å². The van der Waals surface area contributed by atoms with E-state index >= 15 is 0 Å². The van der Waals surface area contributed by atoms with Crippen LogP contribution in [-0.4, -0.2) is 0 Å². The fraction of sp³-hybridized carbons (Fsp3) is 0.158. The first kappa shape index (κ1) is 13.4. The lowest BCUT2D eigenvalue weighted by Crippen LogP contribution is -2.15. The molecule has 1 aromatic rings. The van der Waals surface area contributed by atoms with Crippen molar-refractivity contribution in [1.82, 2.24) is 0 Å². The van der Waals surface area contributed by atoms with Crippen molar-refractivity contribution in [3.8, 4) is 0 Å². The van der Waals surface area contributed by atoms with Crippen LogP contribution in [-0.2, 0) is 0 Å². The lowest BCUT2D eigenvalue weighted by molar-refractivity contribution is 0.797. The first-order valence-corrected chi connectivity index (χ1v) is 7.67. The van der Waals surface area contributed by atoms with E-state index in [0.717, 1.165) is 16.5 Å². The lowest BCUT2D eigenvalue weighted by Gasteiger charge is -2.33. The normalized spacial score (nSPS) is 23.4. The maximum atomic E-state index is 4.33. The summed E-state index contributed by atoms with van der Waals surface area (Å²) in [6.07, 6.45) is 12.0. The Balaban J connectivity index is 2.20. The molecule has 2 aliphatic carbocycles. The molecule has 0 radical (unpaired) electrons. The highest BCUT2D eigenvalue weighted by molar-refractivity contribution is 9.11. The van der Waals surface area contributed by atoms with Gasteiger partial charge in [0, 0.05) is 5.92 Å². The monoisotopic (exact) mass is 324 g/mol. The first-order valence-electron chi connectivity index (χ1n) is 6.88. The minimum atomic E-state index is 0.469. The van der Waals surface area contributed by atoms with Gasteiger partial charge in [-0.25, -0.2) is 0 Å². The van der Waals surface area contributed by atoms with E-state index in [1.165, 1.54) is 22.3 Å². The molecule has 1 aromatic carbocycles. The average molecular weight is 325 g/mol. The third-order valence-corrected chi connectivity index (χ3v) is 4.20. The Labute approximate surface area is 129 Å². The molecule has 0 saturated carbocycles. The number of benzene rings is 1. The number of hydrogen-bond donors (Lipinski definition) is 0. The van der Waals surface area contributed by atoms with Crippen LogP contribution in [0.15, 0.2) is 76.9 Å². The molecule has 0 N–H and O–H groups in total. The quantitative estimate of drug-likeness (QED) is 0.602. The summed E-state index contributed by atoms with van der Waals surface area (Å²) < 4.78 is 1.13. The fourth-order valence-electron chi connectivity index (χ4n) is 2.99. The second-order valence-corrected chi connectivity index (χ2v) is 6.49. The molecular formula is C19H17Br. The number of fused-ring (bicyclic) bond motifs is 3. The summed E-state index contributed by atoms with van der Waals surface area (Å²) in [7, 11) is 0. The highest BCUT2D eigenvalue weighted by atomic mass is 79.9. The van der Waals surface area contributed by atoms with Crippen molar-refractivity contribution in [1.29, 1.82) is 0 Å². The van der Waals surface area contributed by atoms with Crippen molar-refractivity contribution >= 4 is 21.5 Å². The summed E-state index contributed by atoms with van der Waals surface area (Å²) in [5.74, 6) is 0.469. The van der Waals surface area contributed by atoms with E-state index in [-0.39, 0.29) is 0 Å². The Kier molecular flexibility index (Phi) is 3.62. The van der Waals surface area contributed by atoms with Gasteiger partial charge in [-0.15, -0.1) is 0 Å². The zero-order valence-corrected chi connectivity index (χ0v) is 13.2. The predicted molar refractivity (Wildman–Crippen MR) is 90.8 cm³/mol. The van der Waals surface area contributed by atoms with E-state index < -0.39 is 0 Å². The van der Waals surface area contributed by atoms with Crippen molar-refractivity contribution < 1.29 is 0 Å². The van der Waals surface area contributed by atoms with Gasteiger partial charge < -0.3 is 0 Å². The highest BCUT2D eigenvalue weighted by Crippen LogP contribution is 2.47. The van der Waals surface area contributed by atoms with Gasteiger partial charge in [-0.05, 0) is 45.7 Å². The zero-order valence-electron chi connectivity index (χ0n) is 11.6. The molecule has 0 bridgehead atoms. The summed E-state index contributed by atoms with van der Waals surface area (Å²) in [5.41, 5.74) is 6.48. The van der Waals surface area contributed by atoms with E-state index in [1.807, 2.05) is 6.92 Å². The van der Waals surface area contributed by atoms with Gasteiger partial charge in [0.1, 0.15) is 0 Å². The molecule has 1 unspecified atom stereocenters. The third-order valence-electron chi connectivity index (χ3n) is 3.94. The third kappa shape index (κ3) is 2.27. The summed E-state index contributed by atoms with van der Waals surface area (Å²) in [5, 5.41) is 0. The van der Waals surface area contributed by atoms with Crippen molar-refractivity contribution in [3.63, 3.8) is 0 Å². The standard InChI is InChI=1S/C19H17Br/c1-13(20)11-12-16-14(2)15-7-3-4-8-17(15)19-10-6-5-9-18(16)19/h3-9,11-12,19H,2,10H2,1H3/b13-11+,16-12+. The zero-order chi connectivity index (χ0) is 14.1. The lowest BCUT2D eigenvalue weighted by atomic mass is 9.71. The second-order valence-electron chi connectivity index (χ2n) is 5.24. The maximum absolute atomic E-state index is 4.33. The van der Waals surface area contributed by atoms with Gasteiger partial charge in [0.15, 0.2) is 0 Å². The Hall–Kier alpha value is -1.60. The van der Waals surface area contributed by atoms with Gasteiger partial charge in [0.05, 0.1) is 0 Å². The van der Waals surface area contributed by atoms with Crippen molar-refractivity contribution in [2.45, 2.75) is 19.3 Å². The van der Waals surface area contributed by atoms with Crippen LogP contribution >= 0.6 is 15.9 Å². The average Bonchev–Trinajstić information content (AvgIpc) is 2.47. The van der Waals surface area contributed by atoms with Gasteiger partial charge >= 0.3 is 0 Å². The van der Waals surface area contributed by atoms with Crippen LogP contribution in [0.25, 0.3) is 5.57 Å². The fourth-order valence-corrected chi connectivity index (χ4v) is 3.12. The van der Waals surface area contributed by atoms with E-state index in [0.29, 0.717) is 5.92 Å². The molecule has 0 nitrogen and oxygen atoms in total. The largest absolute Gasteiger partial charge is 0.0905 e. The number of halogens is 1. The summed E-state index contributed by atoms with van der Waals surface area (Å²) >= 11 is 3.49. The smallest absolute Gasteiger partial charge is 0.0136 e. The summed E-state index contributed by atoms with van der Waals surface area (Å²) in [4.78, 5) is 0. The van der Waals surface area contributed by atoms with Gasteiger partial charge in [0.2, 0.25) is 0 Å². The van der Waals surface area contributed by atoms with Crippen molar-refractivity contribution in [2.75, 3.05) is 0 Å². The van der Waals surface area contributed by atoms with Crippen LogP contribution in [0, 0.1) is 0 Å². The van der Waals surface area contributed by atoms with E-state index in [1.54, 1.807) is 0 Å². The molecule has 0 aliphatic heterocycles. The molecule has 0 aromatic heterocycles. The minimum Gasteiger partial charge on any atom is -0.0905 e. The summed E-state index contributed by atoms with van der Waals surface area (Å²) in [6, 6.07) is 8.64. The topological polar surface area (TPSA) is 0 Å². The van der Waals surface area contributed by atoms with Crippen molar-refractivity contribution in [2.24, 2.45) is 0 Å². The molecule has 0 spiro atoms. The molecule has 0 heterocycles. The Morgan fingerprint density at radius 3 is 2.95 bits per heavy atom. The Morgan fingerprint density at radius 2 is 2.15 bits per heavy atom. The Morgan fingerprint density at radius 1 is 1.35 bits per heavy atom. The molecule has 0 amide bonds. The van der Waals surface area contributed by atoms with Crippen LogP contribution < -0.4 is 0 Å². The van der Waals surface area contributed by atoms with Crippen LogP contribution in [0.1, 0.15) is 30.4 Å². The van der Waals surface area contributed by atoms with E-state index in [2.05, 4.69) is 77.2 Å². The predicted octanol–water partition coefficient (Wildman–Crippen LogP) is 5.91. The first-order chi connectivity index (χ1) is 9.68. The highest BCUT2D eigenvalue weighted by Gasteiger charge is 2.29. The SMILES string of the molecule is C=C1/C(=C\C=C(/C)Br)C2=CC=CCC2c2ccccc21. The van der Waals surface area contributed by atoms with Crippen LogP contribution in [0.3, 0.4) is 0 Å². The number of allylic oxidation sites excluding steroid dienone is 9. The van der Waals surface area contributed by atoms with E-state index in [4.69, 9.17) is 0 Å². The maximum Gasteiger partial charge on any atom is 0.0136 e. The summed E-state index contributed by atoms with van der Waals surface area (Å²) in [6.45, 7) is 6.37. The van der Waals surface area contributed by atoms with Crippen molar-refractivity contribution in [3.05, 3.63) is 88.0 Å². The van der Waals surface area contributed by atoms with Gasteiger partial charge in [-0.2, -0.15) is 0 Å². The minimum absolute atomic E-state index is 0.469. The molecule has 1 heteroatoms. The Bertz CT molecular complexity index is 679. The molecule has 0 saturated heterocycles. The number of hydrogen-bond acceptors (Lipinski definition) is 0. The molecular weight excluding hydrogens is 308 g/mol. The van der Waals surface area contributed by atoms with Crippen LogP contribution in [0.5, 0.6) is 0 Å². The van der Waals surface area contributed by atoms with E-state index in [9.17, 15) is 0 Å². The second kappa shape index (κ2) is 5.41. The molecule has 20 heavy (non-hydrogen) atoms. The molecule has 3 rings (SSSR count).